The molecule has 0 aromatic heterocycles. The van der Waals surface area contributed by atoms with E-state index in [0.29, 0.717) is 12.0 Å². The van der Waals surface area contributed by atoms with Crippen LogP contribution < -0.4 is 0 Å². The Balaban J connectivity index is 1.90. The average molecular weight is 322 g/mol. The van der Waals surface area contributed by atoms with Crippen molar-refractivity contribution in [2.45, 2.75) is 44.7 Å². The molecule has 0 radical (unpaired) electrons. The Morgan fingerprint density at radius 2 is 1.83 bits per heavy atom. The van der Waals surface area contributed by atoms with Gasteiger partial charge in [0.15, 0.2) is 5.79 Å². The van der Waals surface area contributed by atoms with E-state index >= 15 is 0 Å². The van der Waals surface area contributed by atoms with E-state index in [1.807, 2.05) is 6.07 Å². The molecular formula is C17H22O6. The predicted octanol–water partition coefficient (Wildman–Crippen LogP) is 2.32. The highest BCUT2D eigenvalue weighted by atomic mass is 16.7. The Bertz CT molecular complexity index is 539. The summed E-state index contributed by atoms with van der Waals surface area (Å²) in [6.07, 6.45) is -0.0554. The molecule has 1 aliphatic heterocycles. The molecule has 1 aromatic rings. The van der Waals surface area contributed by atoms with Crippen molar-refractivity contribution < 1.29 is 28.5 Å². The Hall–Kier alpha value is -1.92. The van der Waals surface area contributed by atoms with E-state index in [9.17, 15) is 9.59 Å². The van der Waals surface area contributed by atoms with E-state index in [2.05, 4.69) is 4.74 Å². The number of hydrogen-bond acceptors (Lipinski definition) is 6. The number of carbonyl (C=O) groups excluding carboxylic acids is 2. The fraction of sp³-hybridized carbons (Fsp3) is 0.529. The quantitative estimate of drug-likeness (QED) is 0.775. The van der Waals surface area contributed by atoms with Gasteiger partial charge in [0.05, 0.1) is 31.3 Å². The van der Waals surface area contributed by atoms with Crippen LogP contribution in [0.4, 0.5) is 0 Å². The lowest BCUT2D eigenvalue weighted by Crippen LogP contribution is -2.47. The molecule has 1 heterocycles. The van der Waals surface area contributed by atoms with Gasteiger partial charge >= 0.3 is 11.9 Å². The van der Waals surface area contributed by atoms with Gasteiger partial charge in [-0.05, 0) is 26.0 Å². The molecule has 1 aliphatic rings. The first-order chi connectivity index (χ1) is 10.9. The molecule has 0 saturated carbocycles. The highest BCUT2D eigenvalue weighted by molar-refractivity contribution is 5.89. The molecule has 0 unspecified atom stereocenters. The standard InChI is InChI=1S/C17H22O6/c1-17(2)22-13(10-15(18)20-3)9-14(23-17)11-21-16(19)12-7-5-4-6-8-12/h4-8,13-14H,9-11H2,1-3H3/t13-,14+/m1/s1. The van der Waals surface area contributed by atoms with Crippen LogP contribution >= 0.6 is 0 Å². The molecule has 1 saturated heterocycles. The number of rotatable bonds is 5. The van der Waals surface area contributed by atoms with Crippen LogP contribution in [0.2, 0.25) is 0 Å². The summed E-state index contributed by atoms with van der Waals surface area (Å²) in [4.78, 5) is 23.4. The molecule has 0 aliphatic carbocycles. The minimum atomic E-state index is -0.846. The van der Waals surface area contributed by atoms with E-state index in [-0.39, 0.29) is 31.2 Å². The van der Waals surface area contributed by atoms with Crippen molar-refractivity contribution in [1.82, 2.24) is 0 Å². The second-order valence-electron chi connectivity index (χ2n) is 5.86. The first-order valence-electron chi connectivity index (χ1n) is 7.54. The van der Waals surface area contributed by atoms with Crippen LogP contribution in [0.3, 0.4) is 0 Å². The Labute approximate surface area is 135 Å². The number of esters is 2. The lowest BCUT2D eigenvalue weighted by atomic mass is 10.1. The predicted molar refractivity (Wildman–Crippen MR) is 81.8 cm³/mol. The Kier molecular flexibility index (Phi) is 5.74. The second-order valence-corrected chi connectivity index (χ2v) is 5.86. The Morgan fingerprint density at radius 1 is 1.17 bits per heavy atom. The maximum Gasteiger partial charge on any atom is 0.338 e. The molecule has 0 N–H and O–H groups in total. The van der Waals surface area contributed by atoms with Gasteiger partial charge in [-0.3, -0.25) is 4.79 Å². The average Bonchev–Trinajstić information content (AvgIpc) is 2.51. The molecule has 1 fully saturated rings. The number of benzene rings is 1. The SMILES string of the molecule is COC(=O)C[C@H]1C[C@@H](COC(=O)c2ccccc2)OC(C)(C)O1. The third-order valence-electron chi connectivity index (χ3n) is 3.46. The topological polar surface area (TPSA) is 71.1 Å². The van der Waals surface area contributed by atoms with Crippen molar-refractivity contribution in [1.29, 1.82) is 0 Å². The summed E-state index contributed by atoms with van der Waals surface area (Å²) >= 11 is 0. The van der Waals surface area contributed by atoms with Gasteiger partial charge in [0.25, 0.3) is 0 Å². The van der Waals surface area contributed by atoms with Crippen LogP contribution in [0.15, 0.2) is 30.3 Å². The second kappa shape index (κ2) is 7.57. The van der Waals surface area contributed by atoms with Crippen LogP contribution in [0.1, 0.15) is 37.0 Å². The molecule has 0 bridgehead atoms. The minimum Gasteiger partial charge on any atom is -0.469 e. The summed E-state index contributed by atoms with van der Waals surface area (Å²) in [5.74, 6) is -1.59. The van der Waals surface area contributed by atoms with Gasteiger partial charge in [0.1, 0.15) is 6.61 Å². The molecule has 0 spiro atoms. The highest BCUT2D eigenvalue weighted by Gasteiger charge is 2.37. The van der Waals surface area contributed by atoms with Crippen LogP contribution in [-0.2, 0) is 23.7 Å². The Morgan fingerprint density at radius 3 is 2.48 bits per heavy atom. The molecule has 1 aromatic carbocycles. The van der Waals surface area contributed by atoms with E-state index in [1.54, 1.807) is 38.1 Å². The maximum atomic E-state index is 12.0. The monoisotopic (exact) mass is 322 g/mol. The van der Waals surface area contributed by atoms with Crippen molar-refractivity contribution in [3.05, 3.63) is 35.9 Å². The van der Waals surface area contributed by atoms with Crippen molar-refractivity contribution >= 4 is 11.9 Å². The molecule has 23 heavy (non-hydrogen) atoms. The highest BCUT2D eigenvalue weighted by Crippen LogP contribution is 2.28. The molecule has 2 rings (SSSR count). The summed E-state index contributed by atoms with van der Waals surface area (Å²) in [5.41, 5.74) is 0.491. The fourth-order valence-electron chi connectivity index (χ4n) is 2.54. The molecule has 0 amide bonds. The minimum absolute atomic E-state index is 0.109. The fourth-order valence-corrected chi connectivity index (χ4v) is 2.54. The maximum absolute atomic E-state index is 12.0. The zero-order valence-corrected chi connectivity index (χ0v) is 13.6. The number of methoxy groups -OCH3 is 1. The van der Waals surface area contributed by atoms with Crippen molar-refractivity contribution in [3.8, 4) is 0 Å². The van der Waals surface area contributed by atoms with Crippen LogP contribution in [-0.4, -0.2) is 43.7 Å². The van der Waals surface area contributed by atoms with Crippen molar-refractivity contribution in [2.24, 2.45) is 0 Å². The van der Waals surface area contributed by atoms with E-state index in [0.717, 1.165) is 0 Å². The van der Waals surface area contributed by atoms with E-state index in [1.165, 1.54) is 7.11 Å². The molecule has 2 atom stereocenters. The van der Waals surface area contributed by atoms with Crippen LogP contribution in [0.5, 0.6) is 0 Å². The first-order valence-corrected chi connectivity index (χ1v) is 7.54. The summed E-state index contributed by atoms with van der Waals surface area (Å²) in [7, 11) is 1.34. The van der Waals surface area contributed by atoms with Gasteiger partial charge in [0.2, 0.25) is 0 Å². The van der Waals surface area contributed by atoms with Crippen molar-refractivity contribution in [2.75, 3.05) is 13.7 Å². The molecular weight excluding hydrogens is 300 g/mol. The van der Waals surface area contributed by atoms with Gasteiger partial charge in [-0.25, -0.2) is 4.79 Å². The van der Waals surface area contributed by atoms with Gasteiger partial charge in [-0.1, -0.05) is 18.2 Å². The first kappa shape index (κ1) is 17.4. The third kappa shape index (κ3) is 5.33. The number of hydrogen-bond donors (Lipinski definition) is 0. The van der Waals surface area contributed by atoms with Crippen LogP contribution in [0, 0.1) is 0 Å². The molecule has 6 heteroatoms. The molecule has 6 nitrogen and oxygen atoms in total. The lowest BCUT2D eigenvalue weighted by molar-refractivity contribution is -0.303. The number of ether oxygens (including phenoxy) is 4. The summed E-state index contributed by atoms with van der Waals surface area (Å²) in [6.45, 7) is 3.64. The van der Waals surface area contributed by atoms with E-state index in [4.69, 9.17) is 14.2 Å². The zero-order valence-electron chi connectivity index (χ0n) is 13.6. The van der Waals surface area contributed by atoms with Gasteiger partial charge in [-0.2, -0.15) is 0 Å². The normalized spacial score (nSPS) is 23.1. The van der Waals surface area contributed by atoms with Crippen molar-refractivity contribution in [3.63, 3.8) is 0 Å². The summed E-state index contributed by atoms with van der Waals surface area (Å²) in [6, 6.07) is 8.76. The molecule has 126 valence electrons. The lowest BCUT2D eigenvalue weighted by Gasteiger charge is -2.40. The largest absolute Gasteiger partial charge is 0.469 e. The zero-order chi connectivity index (χ0) is 16.9. The van der Waals surface area contributed by atoms with E-state index < -0.39 is 11.8 Å². The van der Waals surface area contributed by atoms with Gasteiger partial charge in [-0.15, -0.1) is 0 Å². The number of carbonyl (C=O) groups is 2. The van der Waals surface area contributed by atoms with Gasteiger partial charge < -0.3 is 18.9 Å². The van der Waals surface area contributed by atoms with Gasteiger partial charge in [0, 0.05) is 6.42 Å². The summed E-state index contributed by atoms with van der Waals surface area (Å²) in [5, 5.41) is 0. The van der Waals surface area contributed by atoms with Crippen LogP contribution in [0.25, 0.3) is 0 Å². The third-order valence-corrected chi connectivity index (χ3v) is 3.46. The smallest absolute Gasteiger partial charge is 0.338 e. The summed E-state index contributed by atoms with van der Waals surface area (Å²) < 4.78 is 21.4.